The highest BCUT2D eigenvalue weighted by Gasteiger charge is 2.23. The maximum atomic E-state index is 14.1. The van der Waals surface area contributed by atoms with Gasteiger partial charge in [0, 0.05) is 29.2 Å². The molecule has 1 aliphatic heterocycles. The van der Waals surface area contributed by atoms with E-state index in [1.807, 2.05) is 17.0 Å². The molecule has 0 amide bonds. The van der Waals surface area contributed by atoms with E-state index < -0.39 is 5.95 Å². The average molecular weight is 424 g/mol. The first-order valence-corrected chi connectivity index (χ1v) is 9.93. The summed E-state index contributed by atoms with van der Waals surface area (Å²) in [5, 5.41) is 10.3. The summed E-state index contributed by atoms with van der Waals surface area (Å²) in [6, 6.07) is 10.1. The molecule has 1 aromatic carbocycles. The fourth-order valence-electron chi connectivity index (χ4n) is 2.83. The molecule has 2 aromatic rings. The Morgan fingerprint density at radius 3 is 2.60 bits per heavy atom. The minimum atomic E-state index is -0.432. The first-order valence-electron chi connectivity index (χ1n) is 7.93. The lowest BCUT2D eigenvalue weighted by Crippen LogP contribution is -2.35. The van der Waals surface area contributed by atoms with Crippen LogP contribution in [0.25, 0.3) is 0 Å². The van der Waals surface area contributed by atoms with Crippen molar-refractivity contribution in [1.82, 2.24) is 4.98 Å². The maximum Gasteiger partial charge on any atom is 0.217 e. The molecular formula is C18H16BrF2N3S. The van der Waals surface area contributed by atoms with Crippen molar-refractivity contribution in [2.75, 3.05) is 18.0 Å². The second kappa shape index (κ2) is 8.15. The van der Waals surface area contributed by atoms with Gasteiger partial charge in [-0.2, -0.15) is 9.65 Å². The molecular weight excluding hydrogens is 408 g/mol. The molecule has 0 spiro atoms. The second-order valence-corrected chi connectivity index (χ2v) is 7.70. The number of anilines is 1. The Kier molecular flexibility index (Phi) is 5.92. The highest BCUT2D eigenvalue weighted by atomic mass is 79.9. The minimum absolute atomic E-state index is 0.326. The maximum absolute atomic E-state index is 14.1. The van der Waals surface area contributed by atoms with E-state index in [1.54, 1.807) is 30.0 Å². The van der Waals surface area contributed by atoms with Gasteiger partial charge in [0.25, 0.3) is 0 Å². The summed E-state index contributed by atoms with van der Waals surface area (Å²) in [4.78, 5) is 6.01. The number of rotatable bonds is 4. The lowest BCUT2D eigenvalue weighted by molar-refractivity contribution is 0.556. The number of nitrogens with zero attached hydrogens (tertiary/aromatic N) is 3. The number of alkyl halides is 1. The van der Waals surface area contributed by atoms with Gasteiger partial charge in [-0.25, -0.2) is 9.37 Å². The van der Waals surface area contributed by atoms with Gasteiger partial charge in [-0.05, 0) is 37.1 Å². The third kappa shape index (κ3) is 4.31. The Morgan fingerprint density at radius 2 is 2.00 bits per heavy atom. The van der Waals surface area contributed by atoms with Gasteiger partial charge in [0.2, 0.25) is 5.95 Å². The molecule has 0 bridgehead atoms. The quantitative estimate of drug-likeness (QED) is 0.518. The van der Waals surface area contributed by atoms with E-state index in [4.69, 9.17) is 5.26 Å². The molecule has 3 nitrogen and oxygen atoms in total. The fraction of sp³-hybridized carbons (Fsp3) is 0.333. The normalized spacial score (nSPS) is 15.2. The first-order chi connectivity index (χ1) is 12.1. The molecule has 130 valence electrons. The van der Waals surface area contributed by atoms with Crippen LogP contribution in [-0.4, -0.2) is 23.3 Å². The van der Waals surface area contributed by atoms with Crippen molar-refractivity contribution in [3.63, 3.8) is 0 Å². The lowest BCUT2D eigenvalue weighted by atomic mass is 10.1. The van der Waals surface area contributed by atoms with E-state index >= 15 is 0 Å². The molecule has 0 aliphatic carbocycles. The number of aromatic nitrogens is 1. The van der Waals surface area contributed by atoms with Crippen molar-refractivity contribution in [3.05, 3.63) is 53.2 Å². The fourth-order valence-corrected chi connectivity index (χ4v) is 4.32. The molecule has 25 heavy (non-hydrogen) atoms. The standard InChI is InChI=1S/C18H16BrF2N3S/c19-10-13-2-4-17(23-18(13)21)25-14-5-7-24(8-6-14)16-3-1-12(11-22)9-15(16)20/h1-4,9,14H,5-8,10H2. The van der Waals surface area contributed by atoms with Crippen LogP contribution in [0.3, 0.4) is 0 Å². The van der Waals surface area contributed by atoms with Crippen LogP contribution < -0.4 is 4.90 Å². The zero-order valence-corrected chi connectivity index (χ0v) is 15.8. The zero-order chi connectivity index (χ0) is 17.8. The van der Waals surface area contributed by atoms with E-state index in [9.17, 15) is 8.78 Å². The summed E-state index contributed by atoms with van der Waals surface area (Å²) in [6.45, 7) is 1.45. The molecule has 0 saturated carbocycles. The number of nitriles is 1. The van der Waals surface area contributed by atoms with Gasteiger partial charge < -0.3 is 4.90 Å². The molecule has 2 heterocycles. The van der Waals surface area contributed by atoms with Gasteiger partial charge in [0.15, 0.2) is 0 Å². The number of benzene rings is 1. The average Bonchev–Trinajstić information content (AvgIpc) is 2.62. The lowest BCUT2D eigenvalue weighted by Gasteiger charge is -2.33. The van der Waals surface area contributed by atoms with Gasteiger partial charge in [-0.3, -0.25) is 0 Å². The molecule has 0 atom stereocenters. The highest BCUT2D eigenvalue weighted by Crippen LogP contribution is 2.32. The van der Waals surface area contributed by atoms with E-state index in [0.29, 0.717) is 32.4 Å². The molecule has 1 fully saturated rings. The molecule has 1 aliphatic rings. The van der Waals surface area contributed by atoms with Gasteiger partial charge in [-0.1, -0.05) is 22.0 Å². The molecule has 0 N–H and O–H groups in total. The summed E-state index contributed by atoms with van der Waals surface area (Å²) < 4.78 is 27.9. The van der Waals surface area contributed by atoms with E-state index in [0.717, 1.165) is 25.9 Å². The number of pyridine rings is 1. The summed E-state index contributed by atoms with van der Waals surface area (Å²) in [5.74, 6) is -0.793. The van der Waals surface area contributed by atoms with Crippen LogP contribution in [0.1, 0.15) is 24.0 Å². The van der Waals surface area contributed by atoms with Crippen LogP contribution in [0.5, 0.6) is 0 Å². The van der Waals surface area contributed by atoms with Crippen molar-refractivity contribution in [3.8, 4) is 6.07 Å². The molecule has 0 radical (unpaired) electrons. The van der Waals surface area contributed by atoms with E-state index in [2.05, 4.69) is 20.9 Å². The number of hydrogen-bond acceptors (Lipinski definition) is 4. The number of hydrogen-bond donors (Lipinski definition) is 0. The number of halogens is 3. The van der Waals surface area contributed by atoms with Crippen LogP contribution in [-0.2, 0) is 5.33 Å². The van der Waals surface area contributed by atoms with E-state index in [-0.39, 0.29) is 5.82 Å². The molecule has 3 rings (SSSR count). The molecule has 7 heteroatoms. The molecule has 1 aromatic heterocycles. The number of piperidine rings is 1. The smallest absolute Gasteiger partial charge is 0.217 e. The van der Waals surface area contributed by atoms with Gasteiger partial charge >= 0.3 is 0 Å². The van der Waals surface area contributed by atoms with Crippen LogP contribution in [0.4, 0.5) is 14.5 Å². The summed E-state index contributed by atoms with van der Waals surface area (Å²) >= 11 is 4.81. The number of thioether (sulfide) groups is 1. The van der Waals surface area contributed by atoms with Crippen molar-refractivity contribution >= 4 is 33.4 Å². The Hall–Kier alpha value is -1.65. The predicted molar refractivity (Wildman–Crippen MR) is 99.0 cm³/mol. The monoisotopic (exact) mass is 423 g/mol. The van der Waals surface area contributed by atoms with Gasteiger partial charge in [0.1, 0.15) is 5.82 Å². The van der Waals surface area contributed by atoms with E-state index in [1.165, 1.54) is 6.07 Å². The van der Waals surface area contributed by atoms with Crippen LogP contribution in [0, 0.1) is 23.1 Å². The first kappa shape index (κ1) is 18.2. The Morgan fingerprint density at radius 1 is 1.24 bits per heavy atom. The van der Waals surface area contributed by atoms with Crippen molar-refractivity contribution in [2.45, 2.75) is 28.4 Å². The third-order valence-corrected chi connectivity index (χ3v) is 6.07. The highest BCUT2D eigenvalue weighted by molar-refractivity contribution is 9.08. The SMILES string of the molecule is N#Cc1ccc(N2CCC(Sc3ccc(CBr)c(F)n3)CC2)c(F)c1. The molecule has 0 unspecified atom stereocenters. The van der Waals surface area contributed by atoms with Crippen molar-refractivity contribution in [2.24, 2.45) is 0 Å². The van der Waals surface area contributed by atoms with Crippen LogP contribution >= 0.6 is 27.7 Å². The van der Waals surface area contributed by atoms with Gasteiger partial charge in [0.05, 0.1) is 22.3 Å². The zero-order valence-electron chi connectivity index (χ0n) is 13.4. The second-order valence-electron chi connectivity index (χ2n) is 5.82. The summed E-state index contributed by atoms with van der Waals surface area (Å²) in [7, 11) is 0. The summed E-state index contributed by atoms with van der Waals surface area (Å²) in [5.41, 5.74) is 1.41. The Balaban J connectivity index is 1.60. The molecule has 1 saturated heterocycles. The van der Waals surface area contributed by atoms with Gasteiger partial charge in [-0.15, -0.1) is 11.8 Å². The van der Waals surface area contributed by atoms with Crippen molar-refractivity contribution in [1.29, 1.82) is 5.26 Å². The Bertz CT molecular complexity index is 801. The topological polar surface area (TPSA) is 39.9 Å². The Labute approximate surface area is 158 Å². The summed E-state index contributed by atoms with van der Waals surface area (Å²) in [6.07, 6.45) is 1.74. The largest absolute Gasteiger partial charge is 0.369 e. The van der Waals surface area contributed by atoms with Crippen LogP contribution in [0.2, 0.25) is 0 Å². The minimum Gasteiger partial charge on any atom is -0.369 e. The third-order valence-electron chi connectivity index (χ3n) is 4.19. The predicted octanol–water partition coefficient (Wildman–Crippen LogP) is 4.89. The van der Waals surface area contributed by atoms with Crippen LogP contribution in [0.15, 0.2) is 35.4 Å². The van der Waals surface area contributed by atoms with Crippen molar-refractivity contribution < 1.29 is 8.78 Å².